The number of carbonyl (C=O) groups is 1. The van der Waals surface area contributed by atoms with Crippen LogP contribution in [0.1, 0.15) is 28.9 Å². The third kappa shape index (κ3) is 3.82. The lowest BCUT2D eigenvalue weighted by Gasteiger charge is -2.15. The molecule has 0 aliphatic carbocycles. The highest BCUT2D eigenvalue weighted by Gasteiger charge is 2.13. The monoisotopic (exact) mass is 351 g/mol. The van der Waals surface area contributed by atoms with E-state index >= 15 is 0 Å². The number of halogens is 2. The summed E-state index contributed by atoms with van der Waals surface area (Å²) in [5.41, 5.74) is 1.23. The summed E-state index contributed by atoms with van der Waals surface area (Å²) < 4.78 is 19.5. The molecule has 2 rings (SSSR count). The minimum absolute atomic E-state index is 0.185. The summed E-state index contributed by atoms with van der Waals surface area (Å²) in [6, 6.07) is 11.4. The number of benzene rings is 2. The summed E-state index contributed by atoms with van der Waals surface area (Å²) in [4.78, 5) is 12.1. The molecule has 0 saturated carbocycles. The Morgan fingerprint density at radius 3 is 2.48 bits per heavy atom. The van der Waals surface area contributed by atoms with Gasteiger partial charge in [0.2, 0.25) is 0 Å². The van der Waals surface area contributed by atoms with Crippen LogP contribution in [0.4, 0.5) is 4.39 Å². The SMILES string of the molecule is COc1ccc([C@H](C)NC(=O)c2ccc(Br)cc2)cc1F. The zero-order valence-electron chi connectivity index (χ0n) is 11.7. The van der Waals surface area contributed by atoms with E-state index in [9.17, 15) is 9.18 Å². The minimum Gasteiger partial charge on any atom is -0.494 e. The number of ether oxygens (including phenoxy) is 1. The average molecular weight is 352 g/mol. The Balaban J connectivity index is 2.10. The third-order valence-corrected chi connectivity index (χ3v) is 3.66. The molecule has 1 N–H and O–H groups in total. The van der Waals surface area contributed by atoms with Crippen LogP contribution in [0.3, 0.4) is 0 Å². The molecule has 0 aromatic heterocycles. The highest BCUT2D eigenvalue weighted by molar-refractivity contribution is 9.10. The van der Waals surface area contributed by atoms with Gasteiger partial charge < -0.3 is 10.1 Å². The maximum atomic E-state index is 13.7. The van der Waals surface area contributed by atoms with Crippen LogP contribution >= 0.6 is 15.9 Å². The van der Waals surface area contributed by atoms with Crippen LogP contribution in [-0.4, -0.2) is 13.0 Å². The Labute approximate surface area is 131 Å². The number of amides is 1. The van der Waals surface area contributed by atoms with Crippen LogP contribution in [0.15, 0.2) is 46.9 Å². The predicted octanol–water partition coefficient (Wildman–Crippen LogP) is 4.09. The number of hydrogen-bond donors (Lipinski definition) is 1. The van der Waals surface area contributed by atoms with Gasteiger partial charge in [0.1, 0.15) is 0 Å². The third-order valence-electron chi connectivity index (χ3n) is 3.13. The number of hydrogen-bond acceptors (Lipinski definition) is 2. The highest BCUT2D eigenvalue weighted by Crippen LogP contribution is 2.22. The predicted molar refractivity (Wildman–Crippen MR) is 83.0 cm³/mol. The lowest BCUT2D eigenvalue weighted by molar-refractivity contribution is 0.0940. The van der Waals surface area contributed by atoms with Crippen LogP contribution in [0.2, 0.25) is 0 Å². The molecular weight excluding hydrogens is 337 g/mol. The van der Waals surface area contributed by atoms with Crippen molar-refractivity contribution in [2.24, 2.45) is 0 Å². The molecule has 5 heteroatoms. The van der Waals surface area contributed by atoms with Crippen molar-refractivity contribution in [3.63, 3.8) is 0 Å². The van der Waals surface area contributed by atoms with E-state index in [1.165, 1.54) is 13.2 Å². The summed E-state index contributed by atoms with van der Waals surface area (Å²) in [7, 11) is 1.41. The normalized spacial score (nSPS) is 11.8. The van der Waals surface area contributed by atoms with Crippen molar-refractivity contribution in [3.8, 4) is 5.75 Å². The van der Waals surface area contributed by atoms with Gasteiger partial charge in [-0.1, -0.05) is 22.0 Å². The van der Waals surface area contributed by atoms with Gasteiger partial charge in [0.15, 0.2) is 11.6 Å². The highest BCUT2D eigenvalue weighted by atomic mass is 79.9. The fourth-order valence-electron chi connectivity index (χ4n) is 1.92. The van der Waals surface area contributed by atoms with E-state index in [-0.39, 0.29) is 17.7 Å². The first-order valence-corrected chi connectivity index (χ1v) is 7.20. The van der Waals surface area contributed by atoms with Gasteiger partial charge in [-0.15, -0.1) is 0 Å². The topological polar surface area (TPSA) is 38.3 Å². The maximum absolute atomic E-state index is 13.7. The van der Waals surface area contributed by atoms with Crippen molar-refractivity contribution in [1.82, 2.24) is 5.32 Å². The van der Waals surface area contributed by atoms with Gasteiger partial charge >= 0.3 is 0 Å². The number of carbonyl (C=O) groups excluding carboxylic acids is 1. The molecule has 1 amide bonds. The zero-order valence-corrected chi connectivity index (χ0v) is 13.3. The van der Waals surface area contributed by atoms with Gasteiger partial charge in [-0.25, -0.2) is 4.39 Å². The first-order valence-electron chi connectivity index (χ1n) is 6.41. The molecular formula is C16H15BrFNO2. The minimum atomic E-state index is -0.445. The quantitative estimate of drug-likeness (QED) is 0.900. The lowest BCUT2D eigenvalue weighted by Crippen LogP contribution is -2.26. The molecule has 0 aliphatic rings. The Morgan fingerprint density at radius 1 is 1.24 bits per heavy atom. The fourth-order valence-corrected chi connectivity index (χ4v) is 2.18. The van der Waals surface area contributed by atoms with E-state index in [1.807, 2.05) is 0 Å². The van der Waals surface area contributed by atoms with Crippen LogP contribution < -0.4 is 10.1 Å². The van der Waals surface area contributed by atoms with E-state index in [2.05, 4.69) is 21.2 Å². The van der Waals surface area contributed by atoms with Gasteiger partial charge in [0, 0.05) is 10.0 Å². The lowest BCUT2D eigenvalue weighted by atomic mass is 10.1. The van der Waals surface area contributed by atoms with Crippen molar-refractivity contribution in [2.75, 3.05) is 7.11 Å². The van der Waals surface area contributed by atoms with Gasteiger partial charge in [-0.05, 0) is 48.9 Å². The first-order chi connectivity index (χ1) is 10.0. The van der Waals surface area contributed by atoms with E-state index in [0.29, 0.717) is 11.1 Å². The van der Waals surface area contributed by atoms with E-state index in [4.69, 9.17) is 4.74 Å². The van der Waals surface area contributed by atoms with Gasteiger partial charge in [-0.3, -0.25) is 4.79 Å². The average Bonchev–Trinajstić information content (AvgIpc) is 2.47. The van der Waals surface area contributed by atoms with Gasteiger partial charge in [0.25, 0.3) is 5.91 Å². The second-order valence-electron chi connectivity index (χ2n) is 4.60. The molecule has 21 heavy (non-hydrogen) atoms. The van der Waals surface area contributed by atoms with Gasteiger partial charge in [0.05, 0.1) is 13.2 Å². The van der Waals surface area contributed by atoms with Crippen molar-refractivity contribution in [1.29, 1.82) is 0 Å². The molecule has 1 atom stereocenters. The summed E-state index contributed by atoms with van der Waals surface area (Å²) in [6.07, 6.45) is 0. The molecule has 110 valence electrons. The number of rotatable bonds is 4. The largest absolute Gasteiger partial charge is 0.494 e. The summed E-state index contributed by atoms with van der Waals surface area (Å²) >= 11 is 3.32. The van der Waals surface area contributed by atoms with Crippen molar-refractivity contribution in [3.05, 3.63) is 63.9 Å². The van der Waals surface area contributed by atoms with Gasteiger partial charge in [-0.2, -0.15) is 0 Å². The molecule has 0 radical (unpaired) electrons. The molecule has 0 spiro atoms. The van der Waals surface area contributed by atoms with Crippen LogP contribution in [0.5, 0.6) is 5.75 Å². The molecule has 0 heterocycles. The fraction of sp³-hybridized carbons (Fsp3) is 0.188. The van der Waals surface area contributed by atoms with Crippen LogP contribution in [-0.2, 0) is 0 Å². The van der Waals surface area contributed by atoms with E-state index < -0.39 is 5.82 Å². The Bertz CT molecular complexity index is 643. The molecule has 2 aromatic carbocycles. The maximum Gasteiger partial charge on any atom is 0.251 e. The Morgan fingerprint density at radius 2 is 1.90 bits per heavy atom. The second-order valence-corrected chi connectivity index (χ2v) is 5.51. The zero-order chi connectivity index (χ0) is 15.4. The molecule has 0 unspecified atom stereocenters. The number of methoxy groups -OCH3 is 1. The Kier molecular flexibility index (Phi) is 4.96. The van der Waals surface area contributed by atoms with Crippen LogP contribution in [0.25, 0.3) is 0 Å². The molecule has 3 nitrogen and oxygen atoms in total. The summed E-state index contributed by atoms with van der Waals surface area (Å²) in [5, 5.41) is 2.83. The standard InChI is InChI=1S/C16H15BrFNO2/c1-10(12-5-8-15(21-2)14(18)9-12)19-16(20)11-3-6-13(17)7-4-11/h3-10H,1-2H3,(H,19,20)/t10-/m0/s1. The number of nitrogens with one attached hydrogen (secondary N) is 1. The second kappa shape index (κ2) is 6.72. The molecule has 0 fully saturated rings. The summed E-state index contributed by atoms with van der Waals surface area (Å²) in [5.74, 6) is -0.462. The molecule has 0 bridgehead atoms. The first kappa shape index (κ1) is 15.5. The van der Waals surface area contributed by atoms with Crippen LogP contribution in [0, 0.1) is 5.82 Å². The smallest absolute Gasteiger partial charge is 0.251 e. The molecule has 0 aliphatic heterocycles. The molecule has 0 saturated heterocycles. The summed E-state index contributed by atoms with van der Waals surface area (Å²) in [6.45, 7) is 1.80. The van der Waals surface area contributed by atoms with E-state index in [0.717, 1.165) is 4.47 Å². The van der Waals surface area contributed by atoms with Crippen molar-refractivity contribution >= 4 is 21.8 Å². The molecule has 2 aromatic rings. The van der Waals surface area contributed by atoms with Crippen molar-refractivity contribution in [2.45, 2.75) is 13.0 Å². The Hall–Kier alpha value is -1.88. The van der Waals surface area contributed by atoms with Crippen molar-refractivity contribution < 1.29 is 13.9 Å². The van der Waals surface area contributed by atoms with E-state index in [1.54, 1.807) is 43.3 Å².